The van der Waals surface area contributed by atoms with Gasteiger partial charge in [0.1, 0.15) is 0 Å². The Morgan fingerprint density at radius 3 is 2.62 bits per heavy atom. The fraction of sp³-hybridized carbons (Fsp3) is 1.00. The number of hydrogen-bond donors (Lipinski definition) is 3. The molecule has 0 amide bonds. The van der Waals surface area contributed by atoms with Crippen LogP contribution in [0.4, 0.5) is 0 Å². The van der Waals surface area contributed by atoms with Gasteiger partial charge in [-0.1, -0.05) is 6.92 Å². The third kappa shape index (κ3) is 2.93. The molecule has 3 heteroatoms. The van der Waals surface area contributed by atoms with Gasteiger partial charge in [-0.15, -0.1) is 0 Å². The van der Waals surface area contributed by atoms with E-state index < -0.39 is 0 Å². The fourth-order valence-corrected chi connectivity index (χ4v) is 2.18. The largest absolute Gasteiger partial charge is 0.393 e. The second-order valence-corrected chi connectivity index (χ2v) is 4.15. The molecule has 3 nitrogen and oxygen atoms in total. The van der Waals surface area contributed by atoms with E-state index in [9.17, 15) is 5.11 Å². The van der Waals surface area contributed by atoms with Crippen LogP contribution in [0.1, 0.15) is 27.2 Å². The van der Waals surface area contributed by atoms with Crippen LogP contribution in [-0.2, 0) is 0 Å². The molecule has 1 saturated heterocycles. The zero-order valence-corrected chi connectivity index (χ0v) is 8.88. The van der Waals surface area contributed by atoms with E-state index in [4.69, 9.17) is 0 Å². The lowest BCUT2D eigenvalue weighted by atomic mass is 9.90. The summed E-state index contributed by atoms with van der Waals surface area (Å²) >= 11 is 0. The fourth-order valence-electron chi connectivity index (χ4n) is 2.18. The molecule has 1 aliphatic heterocycles. The lowest BCUT2D eigenvalue weighted by molar-refractivity contribution is 0.0873. The van der Waals surface area contributed by atoms with Crippen LogP contribution < -0.4 is 10.6 Å². The van der Waals surface area contributed by atoms with Gasteiger partial charge in [-0.3, -0.25) is 0 Å². The molecule has 0 aromatic rings. The molecular weight excluding hydrogens is 164 g/mol. The van der Waals surface area contributed by atoms with Crippen molar-refractivity contribution in [1.82, 2.24) is 10.6 Å². The highest BCUT2D eigenvalue weighted by Crippen LogP contribution is 2.15. The molecule has 78 valence electrons. The minimum atomic E-state index is -0.213. The van der Waals surface area contributed by atoms with Crippen molar-refractivity contribution in [3.8, 4) is 0 Å². The number of aliphatic hydroxyl groups excluding tert-OH is 1. The summed E-state index contributed by atoms with van der Waals surface area (Å²) in [5.74, 6) is 0.371. The molecule has 0 spiro atoms. The zero-order valence-electron chi connectivity index (χ0n) is 8.88. The van der Waals surface area contributed by atoms with Crippen LogP contribution in [0.5, 0.6) is 0 Å². The minimum Gasteiger partial charge on any atom is -0.393 e. The second-order valence-electron chi connectivity index (χ2n) is 4.15. The number of nitrogens with one attached hydrogen (secondary N) is 2. The number of aliphatic hydroxyl groups is 1. The Hall–Kier alpha value is -0.120. The summed E-state index contributed by atoms with van der Waals surface area (Å²) in [7, 11) is 0. The third-order valence-electron chi connectivity index (χ3n) is 2.92. The zero-order chi connectivity index (χ0) is 9.84. The van der Waals surface area contributed by atoms with Gasteiger partial charge in [0, 0.05) is 31.1 Å². The molecule has 0 radical (unpaired) electrons. The van der Waals surface area contributed by atoms with Crippen molar-refractivity contribution in [3.63, 3.8) is 0 Å². The van der Waals surface area contributed by atoms with E-state index in [-0.39, 0.29) is 6.10 Å². The van der Waals surface area contributed by atoms with Gasteiger partial charge in [0.2, 0.25) is 0 Å². The molecule has 4 atom stereocenters. The second kappa shape index (κ2) is 4.94. The van der Waals surface area contributed by atoms with E-state index in [0.29, 0.717) is 18.0 Å². The van der Waals surface area contributed by atoms with E-state index in [2.05, 4.69) is 24.5 Å². The highest BCUT2D eigenvalue weighted by Gasteiger charge is 2.27. The van der Waals surface area contributed by atoms with Gasteiger partial charge in [0.05, 0.1) is 6.10 Å². The minimum absolute atomic E-state index is 0.213. The SMILES string of the molecule is CCC(C(C)O)C1CNCC(C)N1. The summed E-state index contributed by atoms with van der Waals surface area (Å²) in [5, 5.41) is 16.5. The Morgan fingerprint density at radius 1 is 1.46 bits per heavy atom. The maximum Gasteiger partial charge on any atom is 0.0555 e. The van der Waals surface area contributed by atoms with Crippen LogP contribution >= 0.6 is 0 Å². The van der Waals surface area contributed by atoms with Crippen LogP contribution in [0.25, 0.3) is 0 Å². The van der Waals surface area contributed by atoms with E-state index in [1.807, 2.05) is 6.92 Å². The first-order valence-corrected chi connectivity index (χ1v) is 5.30. The first kappa shape index (κ1) is 11.0. The van der Waals surface area contributed by atoms with Gasteiger partial charge in [0.25, 0.3) is 0 Å². The first-order chi connectivity index (χ1) is 6.15. The normalized spacial score (nSPS) is 34.2. The van der Waals surface area contributed by atoms with Gasteiger partial charge < -0.3 is 15.7 Å². The molecule has 1 rings (SSSR count). The van der Waals surface area contributed by atoms with Crippen LogP contribution in [0.15, 0.2) is 0 Å². The maximum absolute atomic E-state index is 9.58. The average molecular weight is 186 g/mol. The summed E-state index contributed by atoms with van der Waals surface area (Å²) in [5.41, 5.74) is 0. The molecule has 0 saturated carbocycles. The molecule has 0 aliphatic carbocycles. The Labute approximate surface area is 80.9 Å². The van der Waals surface area contributed by atoms with Crippen LogP contribution in [0.3, 0.4) is 0 Å². The van der Waals surface area contributed by atoms with Gasteiger partial charge in [-0.2, -0.15) is 0 Å². The maximum atomic E-state index is 9.58. The van der Waals surface area contributed by atoms with Gasteiger partial charge in [0.15, 0.2) is 0 Å². The van der Waals surface area contributed by atoms with Crippen molar-refractivity contribution in [3.05, 3.63) is 0 Å². The van der Waals surface area contributed by atoms with E-state index >= 15 is 0 Å². The molecule has 1 aliphatic rings. The summed E-state index contributed by atoms with van der Waals surface area (Å²) in [6.45, 7) is 8.21. The number of rotatable bonds is 3. The average Bonchev–Trinajstić information content (AvgIpc) is 2.04. The van der Waals surface area contributed by atoms with Crippen molar-refractivity contribution in [2.75, 3.05) is 13.1 Å². The molecular formula is C10H22N2O. The predicted molar refractivity (Wildman–Crippen MR) is 54.7 cm³/mol. The molecule has 4 unspecified atom stereocenters. The van der Waals surface area contributed by atoms with Crippen molar-refractivity contribution < 1.29 is 5.11 Å². The Balaban J connectivity index is 2.47. The van der Waals surface area contributed by atoms with Crippen LogP contribution in [0, 0.1) is 5.92 Å². The topological polar surface area (TPSA) is 44.3 Å². The van der Waals surface area contributed by atoms with E-state index in [0.717, 1.165) is 19.5 Å². The molecule has 1 heterocycles. The standard InChI is InChI=1S/C10H22N2O/c1-4-9(8(3)13)10-6-11-5-7(2)12-10/h7-13H,4-6H2,1-3H3. The molecule has 13 heavy (non-hydrogen) atoms. The summed E-state index contributed by atoms with van der Waals surface area (Å²) < 4.78 is 0. The van der Waals surface area contributed by atoms with Crippen molar-refractivity contribution >= 4 is 0 Å². The van der Waals surface area contributed by atoms with Crippen LogP contribution in [0.2, 0.25) is 0 Å². The highest BCUT2D eigenvalue weighted by molar-refractivity contribution is 4.87. The van der Waals surface area contributed by atoms with Gasteiger partial charge >= 0.3 is 0 Å². The highest BCUT2D eigenvalue weighted by atomic mass is 16.3. The van der Waals surface area contributed by atoms with Gasteiger partial charge in [-0.25, -0.2) is 0 Å². The lowest BCUT2D eigenvalue weighted by Gasteiger charge is -2.36. The Kier molecular flexibility index (Phi) is 4.16. The van der Waals surface area contributed by atoms with Crippen molar-refractivity contribution in [2.24, 2.45) is 5.92 Å². The molecule has 3 N–H and O–H groups in total. The first-order valence-electron chi connectivity index (χ1n) is 5.30. The van der Waals surface area contributed by atoms with Crippen LogP contribution in [-0.4, -0.2) is 36.4 Å². The third-order valence-corrected chi connectivity index (χ3v) is 2.92. The van der Waals surface area contributed by atoms with Crippen molar-refractivity contribution in [2.45, 2.75) is 45.4 Å². The summed E-state index contributed by atoms with van der Waals surface area (Å²) in [6, 6.07) is 0.945. The molecule has 0 aromatic heterocycles. The van der Waals surface area contributed by atoms with E-state index in [1.54, 1.807) is 0 Å². The molecule has 0 bridgehead atoms. The number of hydrogen-bond acceptors (Lipinski definition) is 3. The van der Waals surface area contributed by atoms with E-state index in [1.165, 1.54) is 0 Å². The lowest BCUT2D eigenvalue weighted by Crippen LogP contribution is -2.57. The molecule has 1 fully saturated rings. The summed E-state index contributed by atoms with van der Waals surface area (Å²) in [6.07, 6.45) is 0.818. The number of piperazine rings is 1. The summed E-state index contributed by atoms with van der Waals surface area (Å²) in [4.78, 5) is 0. The Morgan fingerprint density at radius 2 is 2.15 bits per heavy atom. The molecule has 0 aromatic carbocycles. The quantitative estimate of drug-likeness (QED) is 0.595. The van der Waals surface area contributed by atoms with Crippen molar-refractivity contribution in [1.29, 1.82) is 0 Å². The smallest absolute Gasteiger partial charge is 0.0555 e. The monoisotopic (exact) mass is 186 g/mol. The van der Waals surface area contributed by atoms with Gasteiger partial charge in [-0.05, 0) is 20.3 Å². The predicted octanol–water partition coefficient (Wildman–Crippen LogP) is 0.343. The Bertz CT molecular complexity index is 150.